The van der Waals surface area contributed by atoms with Gasteiger partial charge >= 0.3 is 6.03 Å². The topological polar surface area (TPSA) is 115 Å². The number of amides is 3. The molecule has 0 radical (unpaired) electrons. The highest BCUT2D eigenvalue weighted by Crippen LogP contribution is 2.33. The van der Waals surface area contributed by atoms with Crippen LogP contribution in [0, 0.1) is 0 Å². The molecule has 0 saturated heterocycles. The van der Waals surface area contributed by atoms with Gasteiger partial charge in [-0.3, -0.25) is 4.79 Å². The zero-order chi connectivity index (χ0) is 24.6. The first-order valence-electron chi connectivity index (χ1n) is 10.7. The Morgan fingerprint density at radius 2 is 1.71 bits per heavy atom. The van der Waals surface area contributed by atoms with Gasteiger partial charge in [-0.25, -0.2) is 9.78 Å². The summed E-state index contributed by atoms with van der Waals surface area (Å²) in [6.07, 6.45) is 1.69. The van der Waals surface area contributed by atoms with Crippen LogP contribution in [0.1, 0.15) is 11.5 Å². The van der Waals surface area contributed by atoms with Crippen molar-refractivity contribution in [3.8, 4) is 22.1 Å². The standard InChI is InChI=1S/C25H24N4O5S/c1-32-21-10-5-16(12-22(21)33-2)24-28-19(15-35-24)13-23(30)27-17-6-8-18(9-7-17)29-25(31)26-14-20-4-3-11-34-20/h3-12,15H,13-14H2,1-2H3,(H,27,30)(H2,26,29,31). The number of methoxy groups -OCH3 is 2. The van der Waals surface area contributed by atoms with Crippen molar-refractivity contribution >= 4 is 34.6 Å². The second-order valence-corrected chi connectivity index (χ2v) is 8.26. The fourth-order valence-electron chi connectivity index (χ4n) is 3.25. The van der Waals surface area contributed by atoms with E-state index >= 15 is 0 Å². The molecule has 2 aromatic carbocycles. The predicted octanol–water partition coefficient (Wildman–Crippen LogP) is 4.92. The Kier molecular flexibility index (Phi) is 7.63. The zero-order valence-electron chi connectivity index (χ0n) is 19.2. The Hall–Kier alpha value is -4.31. The fourth-order valence-corrected chi connectivity index (χ4v) is 4.07. The molecule has 0 unspecified atom stereocenters. The molecule has 2 aromatic heterocycles. The van der Waals surface area contributed by atoms with Gasteiger partial charge in [0.2, 0.25) is 5.91 Å². The van der Waals surface area contributed by atoms with Gasteiger partial charge in [-0.2, -0.15) is 0 Å². The number of thiazole rings is 1. The molecule has 0 aliphatic heterocycles. The number of carbonyl (C=O) groups is 2. The highest BCUT2D eigenvalue weighted by Gasteiger charge is 2.12. The van der Waals surface area contributed by atoms with E-state index in [2.05, 4.69) is 20.9 Å². The van der Waals surface area contributed by atoms with Crippen LogP contribution in [0.2, 0.25) is 0 Å². The molecule has 0 aliphatic carbocycles. The summed E-state index contributed by atoms with van der Waals surface area (Å²) in [5.41, 5.74) is 2.77. The Labute approximate surface area is 206 Å². The molecule has 4 rings (SSSR count). The number of carbonyl (C=O) groups excluding carboxylic acids is 2. The van der Waals surface area contributed by atoms with E-state index in [1.807, 2.05) is 23.6 Å². The SMILES string of the molecule is COc1ccc(-c2nc(CC(=O)Nc3ccc(NC(=O)NCc4ccco4)cc3)cs2)cc1OC. The van der Waals surface area contributed by atoms with Crippen LogP contribution in [0.3, 0.4) is 0 Å². The minimum absolute atomic E-state index is 0.138. The van der Waals surface area contributed by atoms with Gasteiger partial charge in [0.1, 0.15) is 10.8 Å². The molecule has 35 heavy (non-hydrogen) atoms. The molecule has 0 bridgehead atoms. The lowest BCUT2D eigenvalue weighted by molar-refractivity contribution is -0.115. The largest absolute Gasteiger partial charge is 0.493 e. The van der Waals surface area contributed by atoms with Crippen LogP contribution in [-0.2, 0) is 17.8 Å². The number of benzene rings is 2. The number of aromatic nitrogens is 1. The number of hydrogen-bond donors (Lipinski definition) is 3. The fraction of sp³-hybridized carbons (Fsp3) is 0.160. The van der Waals surface area contributed by atoms with E-state index in [0.717, 1.165) is 10.6 Å². The average molecular weight is 493 g/mol. The number of nitrogens with zero attached hydrogens (tertiary/aromatic N) is 1. The van der Waals surface area contributed by atoms with Crippen molar-refractivity contribution in [3.05, 3.63) is 77.7 Å². The molecule has 0 saturated carbocycles. The quantitative estimate of drug-likeness (QED) is 0.305. The first-order chi connectivity index (χ1) is 17.0. The first kappa shape index (κ1) is 23.8. The number of rotatable bonds is 9. The Bertz CT molecular complexity index is 1290. The van der Waals surface area contributed by atoms with Crippen molar-refractivity contribution in [3.63, 3.8) is 0 Å². The molecule has 0 fully saturated rings. The van der Waals surface area contributed by atoms with Gasteiger partial charge in [0.25, 0.3) is 0 Å². The molecular weight excluding hydrogens is 468 g/mol. The van der Waals surface area contributed by atoms with E-state index in [0.29, 0.717) is 34.3 Å². The predicted molar refractivity (Wildman–Crippen MR) is 134 cm³/mol. The highest BCUT2D eigenvalue weighted by atomic mass is 32.1. The molecule has 0 aliphatic rings. The van der Waals surface area contributed by atoms with Gasteiger partial charge < -0.3 is 29.8 Å². The van der Waals surface area contributed by atoms with Crippen molar-refractivity contribution in [2.24, 2.45) is 0 Å². The molecule has 9 nitrogen and oxygen atoms in total. The highest BCUT2D eigenvalue weighted by molar-refractivity contribution is 7.13. The molecule has 0 spiro atoms. The maximum atomic E-state index is 12.5. The number of nitrogens with one attached hydrogen (secondary N) is 3. The van der Waals surface area contributed by atoms with Gasteiger partial charge in [-0.05, 0) is 54.6 Å². The lowest BCUT2D eigenvalue weighted by atomic mass is 10.2. The Morgan fingerprint density at radius 1 is 0.971 bits per heavy atom. The summed E-state index contributed by atoms with van der Waals surface area (Å²) >= 11 is 1.45. The average Bonchev–Trinajstić information content (AvgIpc) is 3.56. The van der Waals surface area contributed by atoms with Crippen molar-refractivity contribution in [1.82, 2.24) is 10.3 Å². The summed E-state index contributed by atoms with van der Waals surface area (Å²) in [4.78, 5) is 29.1. The van der Waals surface area contributed by atoms with E-state index in [4.69, 9.17) is 13.9 Å². The molecule has 4 aromatic rings. The van der Waals surface area contributed by atoms with Crippen molar-refractivity contribution in [1.29, 1.82) is 0 Å². The summed E-state index contributed by atoms with van der Waals surface area (Å²) in [7, 11) is 3.17. The van der Waals surface area contributed by atoms with E-state index in [-0.39, 0.29) is 24.9 Å². The molecular formula is C25H24N4O5S. The van der Waals surface area contributed by atoms with Gasteiger partial charge in [-0.1, -0.05) is 0 Å². The van der Waals surface area contributed by atoms with Crippen molar-refractivity contribution < 1.29 is 23.5 Å². The second kappa shape index (κ2) is 11.2. The van der Waals surface area contributed by atoms with Crippen LogP contribution in [0.25, 0.3) is 10.6 Å². The summed E-state index contributed by atoms with van der Waals surface area (Å²) in [6.45, 7) is 0.289. The Balaban J connectivity index is 1.29. The number of furan rings is 1. The van der Waals surface area contributed by atoms with Crippen molar-refractivity contribution in [2.75, 3.05) is 24.9 Å². The van der Waals surface area contributed by atoms with Gasteiger partial charge in [-0.15, -0.1) is 11.3 Å². The lowest BCUT2D eigenvalue weighted by Gasteiger charge is -2.08. The summed E-state index contributed by atoms with van der Waals surface area (Å²) in [6, 6.07) is 15.6. The first-order valence-corrected chi connectivity index (χ1v) is 11.6. The van der Waals surface area contributed by atoms with Crippen LogP contribution in [0.5, 0.6) is 11.5 Å². The molecule has 180 valence electrons. The van der Waals surface area contributed by atoms with Crippen LogP contribution >= 0.6 is 11.3 Å². The van der Waals surface area contributed by atoms with E-state index in [1.54, 1.807) is 56.9 Å². The van der Waals surface area contributed by atoms with Gasteiger partial charge in [0.15, 0.2) is 11.5 Å². The van der Waals surface area contributed by atoms with Crippen LogP contribution in [0.15, 0.2) is 70.7 Å². The monoisotopic (exact) mass is 492 g/mol. The van der Waals surface area contributed by atoms with Crippen molar-refractivity contribution in [2.45, 2.75) is 13.0 Å². The zero-order valence-corrected chi connectivity index (χ0v) is 20.0. The number of hydrogen-bond acceptors (Lipinski definition) is 7. The maximum Gasteiger partial charge on any atom is 0.319 e. The number of anilines is 2. The molecule has 0 atom stereocenters. The van der Waals surface area contributed by atoms with Gasteiger partial charge in [0, 0.05) is 22.3 Å². The van der Waals surface area contributed by atoms with E-state index in [1.165, 1.54) is 11.3 Å². The third-order valence-electron chi connectivity index (χ3n) is 4.95. The van der Waals surface area contributed by atoms with E-state index < -0.39 is 0 Å². The van der Waals surface area contributed by atoms with E-state index in [9.17, 15) is 9.59 Å². The number of urea groups is 1. The molecule has 2 heterocycles. The van der Waals surface area contributed by atoms with Crippen LogP contribution < -0.4 is 25.4 Å². The molecule has 10 heteroatoms. The smallest absolute Gasteiger partial charge is 0.319 e. The number of ether oxygens (including phenoxy) is 2. The molecule has 3 amide bonds. The molecule has 3 N–H and O–H groups in total. The van der Waals surface area contributed by atoms with Crippen LogP contribution in [0.4, 0.5) is 16.2 Å². The summed E-state index contributed by atoms with van der Waals surface area (Å²) in [5.74, 6) is 1.73. The third-order valence-corrected chi connectivity index (χ3v) is 5.89. The summed E-state index contributed by atoms with van der Waals surface area (Å²) < 4.78 is 15.8. The third kappa shape index (κ3) is 6.39. The normalized spacial score (nSPS) is 10.5. The van der Waals surface area contributed by atoms with Gasteiger partial charge in [0.05, 0.1) is 39.1 Å². The second-order valence-electron chi connectivity index (χ2n) is 7.40. The van der Waals surface area contributed by atoms with Crippen LogP contribution in [-0.4, -0.2) is 31.1 Å². The lowest BCUT2D eigenvalue weighted by Crippen LogP contribution is -2.27. The Morgan fingerprint density at radius 3 is 2.40 bits per heavy atom. The minimum Gasteiger partial charge on any atom is -0.493 e. The minimum atomic E-state index is -0.355. The summed E-state index contributed by atoms with van der Waals surface area (Å²) in [5, 5.41) is 10.9. The maximum absolute atomic E-state index is 12.5.